The van der Waals surface area contributed by atoms with Crippen LogP contribution in [0.15, 0.2) is 16.8 Å². The Hall–Kier alpha value is -1.20. The summed E-state index contributed by atoms with van der Waals surface area (Å²) in [5, 5.41) is 5.38. The van der Waals surface area contributed by atoms with Gasteiger partial charge in [-0.25, -0.2) is 4.98 Å². The molecule has 0 radical (unpaired) electrons. The summed E-state index contributed by atoms with van der Waals surface area (Å²) in [7, 11) is 1.43. The molecule has 0 fully saturated rings. The number of aryl methyl sites for hydroxylation is 4. The SMILES string of the molecule is COC(=O)CCc1csc(CCc2csc(C)n2)c1. The predicted molar refractivity (Wildman–Crippen MR) is 78.9 cm³/mol. The first kappa shape index (κ1) is 14.2. The van der Waals surface area contributed by atoms with Crippen molar-refractivity contribution in [1.82, 2.24) is 4.98 Å². The molecular formula is C14H17NO2S2. The number of carbonyl (C=O) groups is 1. The van der Waals surface area contributed by atoms with Crippen LogP contribution >= 0.6 is 22.7 Å². The average molecular weight is 295 g/mol. The molecule has 0 saturated heterocycles. The van der Waals surface area contributed by atoms with Gasteiger partial charge in [0, 0.05) is 16.7 Å². The third kappa shape index (κ3) is 4.44. The van der Waals surface area contributed by atoms with Crippen molar-refractivity contribution in [2.24, 2.45) is 0 Å². The van der Waals surface area contributed by atoms with E-state index in [1.54, 1.807) is 22.7 Å². The van der Waals surface area contributed by atoms with Gasteiger partial charge in [-0.3, -0.25) is 4.79 Å². The molecule has 0 aromatic carbocycles. The highest BCUT2D eigenvalue weighted by Gasteiger charge is 2.05. The lowest BCUT2D eigenvalue weighted by Gasteiger charge is -1.97. The summed E-state index contributed by atoms with van der Waals surface area (Å²) in [6.07, 6.45) is 3.23. The number of thiophene rings is 1. The molecule has 2 aromatic rings. The van der Waals surface area contributed by atoms with Gasteiger partial charge in [0.05, 0.1) is 17.8 Å². The van der Waals surface area contributed by atoms with E-state index < -0.39 is 0 Å². The number of ether oxygens (including phenoxy) is 1. The van der Waals surface area contributed by atoms with Crippen LogP contribution in [0, 0.1) is 6.92 Å². The first-order valence-corrected chi connectivity index (χ1v) is 7.97. The number of rotatable bonds is 6. The smallest absolute Gasteiger partial charge is 0.305 e. The summed E-state index contributed by atoms with van der Waals surface area (Å²) >= 11 is 3.46. The van der Waals surface area contributed by atoms with E-state index in [1.807, 2.05) is 6.92 Å². The lowest BCUT2D eigenvalue weighted by Crippen LogP contribution is -2.01. The molecule has 0 spiro atoms. The van der Waals surface area contributed by atoms with Crippen molar-refractivity contribution >= 4 is 28.6 Å². The van der Waals surface area contributed by atoms with E-state index in [0.29, 0.717) is 6.42 Å². The maximum atomic E-state index is 11.1. The van der Waals surface area contributed by atoms with Gasteiger partial charge in [0.1, 0.15) is 0 Å². The summed E-state index contributed by atoms with van der Waals surface area (Å²) in [5.41, 5.74) is 2.40. The van der Waals surface area contributed by atoms with E-state index in [-0.39, 0.29) is 5.97 Å². The van der Waals surface area contributed by atoms with E-state index in [2.05, 4.69) is 26.5 Å². The second-order valence-corrected chi connectivity index (χ2v) is 6.41. The second kappa shape index (κ2) is 6.82. The summed E-state index contributed by atoms with van der Waals surface area (Å²) < 4.78 is 4.64. The number of methoxy groups -OCH3 is 1. The number of hydrogen-bond donors (Lipinski definition) is 0. The number of thiazole rings is 1. The monoisotopic (exact) mass is 295 g/mol. The van der Waals surface area contributed by atoms with Crippen molar-refractivity contribution in [3.8, 4) is 0 Å². The Balaban J connectivity index is 1.82. The number of esters is 1. The minimum Gasteiger partial charge on any atom is -0.469 e. The molecule has 0 aliphatic rings. The lowest BCUT2D eigenvalue weighted by molar-refractivity contribution is -0.140. The second-order valence-electron chi connectivity index (χ2n) is 4.36. The first-order valence-electron chi connectivity index (χ1n) is 6.21. The molecule has 0 bridgehead atoms. The molecule has 102 valence electrons. The Labute approximate surface area is 121 Å². The quantitative estimate of drug-likeness (QED) is 0.767. The molecule has 0 N–H and O–H groups in total. The normalized spacial score (nSPS) is 10.6. The van der Waals surface area contributed by atoms with Crippen molar-refractivity contribution in [3.05, 3.63) is 38.0 Å². The molecular weight excluding hydrogens is 278 g/mol. The van der Waals surface area contributed by atoms with Gasteiger partial charge in [0.25, 0.3) is 0 Å². The zero-order valence-electron chi connectivity index (χ0n) is 11.1. The van der Waals surface area contributed by atoms with Gasteiger partial charge in [-0.1, -0.05) is 0 Å². The Kier molecular flexibility index (Phi) is 5.10. The largest absolute Gasteiger partial charge is 0.469 e. The van der Waals surface area contributed by atoms with Crippen LogP contribution in [0.25, 0.3) is 0 Å². The summed E-state index contributed by atoms with van der Waals surface area (Å²) in [4.78, 5) is 16.9. The minimum atomic E-state index is -0.148. The van der Waals surface area contributed by atoms with E-state index >= 15 is 0 Å². The number of aromatic nitrogens is 1. The zero-order chi connectivity index (χ0) is 13.7. The van der Waals surface area contributed by atoms with Crippen LogP contribution in [0.5, 0.6) is 0 Å². The molecule has 0 saturated carbocycles. The van der Waals surface area contributed by atoms with Crippen LogP contribution in [0.3, 0.4) is 0 Å². The number of hydrogen-bond acceptors (Lipinski definition) is 5. The molecule has 0 atom stereocenters. The van der Waals surface area contributed by atoms with Gasteiger partial charge in [-0.05, 0) is 43.2 Å². The van der Waals surface area contributed by atoms with E-state index in [9.17, 15) is 4.79 Å². The third-order valence-corrected chi connectivity index (χ3v) is 4.72. The van der Waals surface area contributed by atoms with Gasteiger partial charge >= 0.3 is 5.97 Å². The molecule has 19 heavy (non-hydrogen) atoms. The molecule has 2 aromatic heterocycles. The molecule has 2 heterocycles. The first-order chi connectivity index (χ1) is 9.17. The van der Waals surface area contributed by atoms with Crippen molar-refractivity contribution in [1.29, 1.82) is 0 Å². The van der Waals surface area contributed by atoms with Crippen molar-refractivity contribution in [2.45, 2.75) is 32.6 Å². The van der Waals surface area contributed by atoms with Gasteiger partial charge in [-0.15, -0.1) is 22.7 Å². The Morgan fingerprint density at radius 2 is 2.11 bits per heavy atom. The average Bonchev–Trinajstić information content (AvgIpc) is 3.02. The van der Waals surface area contributed by atoms with E-state index in [4.69, 9.17) is 0 Å². The Morgan fingerprint density at radius 1 is 1.26 bits per heavy atom. The topological polar surface area (TPSA) is 39.2 Å². The van der Waals surface area contributed by atoms with Crippen LogP contribution in [-0.2, 0) is 28.8 Å². The molecule has 0 amide bonds. The fourth-order valence-corrected chi connectivity index (χ4v) is 3.39. The molecule has 5 heteroatoms. The maximum Gasteiger partial charge on any atom is 0.305 e. The molecule has 0 unspecified atom stereocenters. The van der Waals surface area contributed by atoms with Gasteiger partial charge in [-0.2, -0.15) is 0 Å². The highest BCUT2D eigenvalue weighted by Crippen LogP contribution is 2.19. The lowest BCUT2D eigenvalue weighted by atomic mass is 10.1. The van der Waals surface area contributed by atoms with Gasteiger partial charge in [0.15, 0.2) is 0 Å². The predicted octanol–water partition coefficient (Wildman–Crippen LogP) is 3.40. The Morgan fingerprint density at radius 3 is 2.79 bits per heavy atom. The highest BCUT2D eigenvalue weighted by atomic mass is 32.1. The molecule has 3 nitrogen and oxygen atoms in total. The van der Waals surface area contributed by atoms with E-state index in [1.165, 1.54) is 23.2 Å². The van der Waals surface area contributed by atoms with Crippen molar-refractivity contribution in [2.75, 3.05) is 7.11 Å². The fourth-order valence-electron chi connectivity index (χ4n) is 1.81. The van der Waals surface area contributed by atoms with Crippen LogP contribution in [0.2, 0.25) is 0 Å². The van der Waals surface area contributed by atoms with E-state index in [0.717, 1.165) is 24.3 Å². The number of carbonyl (C=O) groups excluding carboxylic acids is 1. The van der Waals surface area contributed by atoms with Crippen LogP contribution in [0.1, 0.15) is 27.6 Å². The standard InChI is InChI=1S/C14H17NO2S2/c1-10-15-12(9-18-10)4-5-13-7-11(8-19-13)3-6-14(16)17-2/h7-9H,3-6H2,1-2H3. The van der Waals surface area contributed by atoms with Crippen LogP contribution in [-0.4, -0.2) is 18.1 Å². The van der Waals surface area contributed by atoms with Gasteiger partial charge in [0.2, 0.25) is 0 Å². The molecule has 0 aliphatic heterocycles. The van der Waals surface area contributed by atoms with Crippen LogP contribution in [0.4, 0.5) is 0 Å². The summed E-state index contributed by atoms with van der Waals surface area (Å²) in [6.45, 7) is 2.03. The molecule has 2 rings (SSSR count). The fraction of sp³-hybridized carbons (Fsp3) is 0.429. The summed E-state index contributed by atoms with van der Waals surface area (Å²) in [5.74, 6) is -0.148. The van der Waals surface area contributed by atoms with Crippen molar-refractivity contribution < 1.29 is 9.53 Å². The minimum absolute atomic E-state index is 0.148. The molecule has 0 aliphatic carbocycles. The van der Waals surface area contributed by atoms with Gasteiger partial charge < -0.3 is 4.74 Å². The summed E-state index contributed by atoms with van der Waals surface area (Å²) in [6, 6.07) is 2.19. The zero-order valence-corrected chi connectivity index (χ0v) is 12.8. The maximum absolute atomic E-state index is 11.1. The van der Waals surface area contributed by atoms with Crippen molar-refractivity contribution in [3.63, 3.8) is 0 Å². The Bertz CT molecular complexity index is 545. The highest BCUT2D eigenvalue weighted by molar-refractivity contribution is 7.10. The van der Waals surface area contributed by atoms with Crippen LogP contribution < -0.4 is 0 Å². The number of nitrogens with zero attached hydrogens (tertiary/aromatic N) is 1. The third-order valence-electron chi connectivity index (χ3n) is 2.85.